The molecule has 0 aromatic heterocycles. The second-order valence-electron chi connectivity index (χ2n) is 4.82. The third-order valence-corrected chi connectivity index (χ3v) is 3.71. The third kappa shape index (κ3) is 2.96. The molecule has 76 valence electrons. The van der Waals surface area contributed by atoms with Crippen LogP contribution in [0.4, 0.5) is 0 Å². The number of nitrogens with one attached hydrogen (secondary N) is 1. The topological polar surface area (TPSA) is 21.1 Å². The van der Waals surface area contributed by atoms with E-state index in [9.17, 15) is 0 Å². The number of quaternary nitrogens is 2. The van der Waals surface area contributed by atoms with Crippen LogP contribution < -0.4 is 10.2 Å². The summed E-state index contributed by atoms with van der Waals surface area (Å²) < 4.78 is 0. The van der Waals surface area contributed by atoms with Crippen LogP contribution in [0.15, 0.2) is 0 Å². The lowest BCUT2D eigenvalue weighted by atomic mass is 9.89. The Bertz CT molecular complexity index is 119. The van der Waals surface area contributed by atoms with E-state index in [2.05, 4.69) is 5.32 Å². The maximum absolute atomic E-state index is 2.46. The first-order chi connectivity index (χ1) is 6.45. The summed E-state index contributed by atoms with van der Waals surface area (Å²) in [4.78, 5) is 1.88. The van der Waals surface area contributed by atoms with Gasteiger partial charge < -0.3 is 10.2 Å². The average molecular weight is 184 g/mol. The lowest BCUT2D eigenvalue weighted by Crippen LogP contribution is -3.20. The Morgan fingerprint density at radius 2 is 1.69 bits per heavy atom. The van der Waals surface area contributed by atoms with Crippen LogP contribution in [0.1, 0.15) is 32.1 Å². The Kier molecular flexibility index (Phi) is 3.62. The Morgan fingerprint density at radius 3 is 2.38 bits per heavy atom. The molecule has 2 nitrogen and oxygen atoms in total. The molecule has 0 atom stereocenters. The van der Waals surface area contributed by atoms with E-state index in [1.807, 2.05) is 4.90 Å². The van der Waals surface area contributed by atoms with Crippen molar-refractivity contribution in [1.82, 2.24) is 0 Å². The van der Waals surface area contributed by atoms with Gasteiger partial charge in [-0.05, 0) is 12.8 Å². The standard InChI is InChI=1S/C11H22N2/c1-2-4-11(5-3-1)10-13-8-6-12-7-9-13/h11-12H,1-10H2/p+2. The van der Waals surface area contributed by atoms with Gasteiger partial charge in [0.1, 0.15) is 26.2 Å². The lowest BCUT2D eigenvalue weighted by molar-refractivity contribution is -0.949. The number of piperazine rings is 1. The van der Waals surface area contributed by atoms with E-state index in [0.29, 0.717) is 0 Å². The van der Waals surface area contributed by atoms with Gasteiger partial charge in [0, 0.05) is 5.92 Å². The van der Waals surface area contributed by atoms with Crippen molar-refractivity contribution in [2.75, 3.05) is 32.7 Å². The number of nitrogens with two attached hydrogens (primary N) is 1. The highest BCUT2D eigenvalue weighted by Crippen LogP contribution is 2.21. The van der Waals surface area contributed by atoms with Crippen LogP contribution in [-0.2, 0) is 0 Å². The van der Waals surface area contributed by atoms with Gasteiger partial charge in [0.05, 0.1) is 6.54 Å². The first-order valence-corrected chi connectivity index (χ1v) is 6.10. The number of hydrogen-bond donors (Lipinski definition) is 2. The van der Waals surface area contributed by atoms with Crippen LogP contribution >= 0.6 is 0 Å². The molecule has 1 saturated heterocycles. The fourth-order valence-electron chi connectivity index (χ4n) is 2.89. The first-order valence-electron chi connectivity index (χ1n) is 6.10. The number of rotatable bonds is 2. The molecule has 0 spiro atoms. The summed E-state index contributed by atoms with van der Waals surface area (Å²) in [7, 11) is 0. The summed E-state index contributed by atoms with van der Waals surface area (Å²) in [6, 6.07) is 0. The Morgan fingerprint density at radius 1 is 1.00 bits per heavy atom. The van der Waals surface area contributed by atoms with Gasteiger partial charge >= 0.3 is 0 Å². The van der Waals surface area contributed by atoms with Gasteiger partial charge in [-0.1, -0.05) is 19.3 Å². The van der Waals surface area contributed by atoms with Crippen molar-refractivity contribution in [2.45, 2.75) is 32.1 Å². The van der Waals surface area contributed by atoms with Gasteiger partial charge in [0.25, 0.3) is 0 Å². The maximum Gasteiger partial charge on any atom is 0.127 e. The van der Waals surface area contributed by atoms with Crippen molar-refractivity contribution in [3.05, 3.63) is 0 Å². The summed E-state index contributed by atoms with van der Waals surface area (Å²) in [5.41, 5.74) is 0. The molecule has 1 aliphatic heterocycles. The molecule has 0 radical (unpaired) electrons. The van der Waals surface area contributed by atoms with E-state index < -0.39 is 0 Å². The van der Waals surface area contributed by atoms with Gasteiger partial charge in [-0.2, -0.15) is 0 Å². The molecule has 1 aliphatic carbocycles. The molecular formula is C11H24N2+2. The molecule has 0 aromatic carbocycles. The van der Waals surface area contributed by atoms with E-state index in [1.165, 1.54) is 64.8 Å². The molecule has 0 amide bonds. The molecule has 1 heterocycles. The van der Waals surface area contributed by atoms with Gasteiger partial charge in [0.2, 0.25) is 0 Å². The lowest BCUT2D eigenvalue weighted by Gasteiger charge is -2.28. The van der Waals surface area contributed by atoms with Gasteiger partial charge in [0.15, 0.2) is 0 Å². The molecule has 2 aliphatic rings. The summed E-state index contributed by atoms with van der Waals surface area (Å²) in [6.45, 7) is 7.03. The molecule has 2 fully saturated rings. The van der Waals surface area contributed by atoms with E-state index in [0.717, 1.165) is 5.92 Å². The van der Waals surface area contributed by atoms with Gasteiger partial charge in [-0.25, -0.2) is 0 Å². The predicted molar refractivity (Wildman–Crippen MR) is 53.8 cm³/mol. The Hall–Kier alpha value is -0.0800. The van der Waals surface area contributed by atoms with Crippen LogP contribution in [-0.4, -0.2) is 32.7 Å². The zero-order valence-electron chi connectivity index (χ0n) is 8.73. The second-order valence-corrected chi connectivity index (χ2v) is 4.82. The molecule has 3 N–H and O–H groups in total. The molecule has 1 saturated carbocycles. The first kappa shape index (κ1) is 9.47. The molecule has 13 heavy (non-hydrogen) atoms. The molecular weight excluding hydrogens is 160 g/mol. The summed E-state index contributed by atoms with van der Waals surface area (Å²) in [5.74, 6) is 1.07. The van der Waals surface area contributed by atoms with Crippen molar-refractivity contribution in [2.24, 2.45) is 5.92 Å². The van der Waals surface area contributed by atoms with Crippen LogP contribution in [0.5, 0.6) is 0 Å². The van der Waals surface area contributed by atoms with Crippen LogP contribution in [0, 0.1) is 5.92 Å². The molecule has 2 heteroatoms. The van der Waals surface area contributed by atoms with E-state index in [-0.39, 0.29) is 0 Å². The average Bonchev–Trinajstić information content (AvgIpc) is 2.21. The predicted octanol–water partition coefficient (Wildman–Crippen LogP) is -0.971. The SMILES string of the molecule is C1CCC(C[NH+]2CC[NH2+]CC2)CC1. The van der Waals surface area contributed by atoms with E-state index in [4.69, 9.17) is 0 Å². The van der Waals surface area contributed by atoms with Crippen molar-refractivity contribution in [3.8, 4) is 0 Å². The highest BCUT2D eigenvalue weighted by atomic mass is 15.2. The highest BCUT2D eigenvalue weighted by Gasteiger charge is 2.22. The molecule has 2 rings (SSSR count). The van der Waals surface area contributed by atoms with E-state index >= 15 is 0 Å². The van der Waals surface area contributed by atoms with Crippen LogP contribution in [0.25, 0.3) is 0 Å². The quantitative estimate of drug-likeness (QED) is 0.551. The van der Waals surface area contributed by atoms with Crippen molar-refractivity contribution < 1.29 is 10.2 Å². The minimum absolute atomic E-state index is 1.07. The third-order valence-electron chi connectivity index (χ3n) is 3.71. The second kappa shape index (κ2) is 4.97. The van der Waals surface area contributed by atoms with Crippen LogP contribution in [0.3, 0.4) is 0 Å². The zero-order valence-corrected chi connectivity index (χ0v) is 8.73. The molecule has 0 bridgehead atoms. The van der Waals surface area contributed by atoms with Crippen molar-refractivity contribution in [1.29, 1.82) is 0 Å². The highest BCUT2D eigenvalue weighted by molar-refractivity contribution is 4.64. The minimum atomic E-state index is 1.07. The van der Waals surface area contributed by atoms with E-state index in [1.54, 1.807) is 0 Å². The van der Waals surface area contributed by atoms with Crippen molar-refractivity contribution in [3.63, 3.8) is 0 Å². The maximum atomic E-state index is 2.46. The molecule has 0 aromatic rings. The van der Waals surface area contributed by atoms with Gasteiger partial charge in [-0.15, -0.1) is 0 Å². The minimum Gasteiger partial charge on any atom is -0.337 e. The zero-order chi connectivity index (χ0) is 8.93. The van der Waals surface area contributed by atoms with Gasteiger partial charge in [-0.3, -0.25) is 0 Å². The monoisotopic (exact) mass is 184 g/mol. The fraction of sp³-hybridized carbons (Fsp3) is 1.00. The summed E-state index contributed by atoms with van der Waals surface area (Å²) in [6.07, 6.45) is 7.55. The Labute approximate surface area is 81.7 Å². The molecule has 0 unspecified atom stereocenters. The van der Waals surface area contributed by atoms with Crippen molar-refractivity contribution >= 4 is 0 Å². The fourth-order valence-corrected chi connectivity index (χ4v) is 2.89. The summed E-state index contributed by atoms with van der Waals surface area (Å²) in [5, 5.41) is 2.46. The van der Waals surface area contributed by atoms with Crippen LogP contribution in [0.2, 0.25) is 0 Å². The smallest absolute Gasteiger partial charge is 0.127 e. The summed E-state index contributed by atoms with van der Waals surface area (Å²) >= 11 is 0. The number of hydrogen-bond acceptors (Lipinski definition) is 0. The Balaban J connectivity index is 1.69. The normalized spacial score (nSPS) is 27.7. The largest absolute Gasteiger partial charge is 0.337 e.